The van der Waals surface area contributed by atoms with Crippen LogP contribution in [0, 0.1) is 0 Å². The number of alkyl halides is 1. The molecule has 1 nitrogen and oxygen atoms in total. The van der Waals surface area contributed by atoms with Gasteiger partial charge >= 0.3 is 0 Å². The van der Waals surface area contributed by atoms with Gasteiger partial charge in [0.25, 0.3) is 0 Å². The number of fused-ring (bicyclic) bond motifs is 3. The SMILES string of the molecule is BrCc1cc2ccccc2c2c1C=CC(c1ccccc1)(c1ccccc1)O2. The molecule has 0 saturated carbocycles. The van der Waals surface area contributed by atoms with E-state index >= 15 is 0 Å². The zero-order valence-electron chi connectivity index (χ0n) is 15.3. The maximum atomic E-state index is 6.94. The molecule has 0 saturated heterocycles. The van der Waals surface area contributed by atoms with Gasteiger partial charge in [-0.05, 0) is 23.1 Å². The summed E-state index contributed by atoms with van der Waals surface area (Å²) < 4.78 is 6.94. The van der Waals surface area contributed by atoms with Crippen molar-refractivity contribution in [1.82, 2.24) is 0 Å². The number of rotatable bonds is 3. The van der Waals surface area contributed by atoms with E-state index in [4.69, 9.17) is 4.74 Å². The Labute approximate surface area is 173 Å². The van der Waals surface area contributed by atoms with Crippen LogP contribution in [0.3, 0.4) is 0 Å². The summed E-state index contributed by atoms with van der Waals surface area (Å²) in [5, 5.41) is 3.13. The van der Waals surface area contributed by atoms with Gasteiger partial charge in [-0.15, -0.1) is 0 Å². The van der Waals surface area contributed by atoms with Crippen molar-refractivity contribution in [2.75, 3.05) is 0 Å². The monoisotopic (exact) mass is 426 g/mol. The minimum absolute atomic E-state index is 0.650. The fourth-order valence-electron chi connectivity index (χ4n) is 4.03. The molecule has 5 rings (SSSR count). The Morgan fingerprint density at radius 2 is 1.36 bits per heavy atom. The second kappa shape index (κ2) is 6.96. The van der Waals surface area contributed by atoms with Crippen LogP contribution in [0.25, 0.3) is 16.8 Å². The third-order valence-electron chi connectivity index (χ3n) is 5.42. The summed E-state index contributed by atoms with van der Waals surface area (Å²) in [4.78, 5) is 0. The second-order valence-corrected chi connectivity index (χ2v) is 7.60. The number of benzene rings is 4. The van der Waals surface area contributed by atoms with E-state index in [-0.39, 0.29) is 0 Å². The Bertz CT molecular complexity index is 1120. The molecule has 0 spiro atoms. The predicted octanol–water partition coefficient (Wildman–Crippen LogP) is 7.08. The van der Waals surface area contributed by atoms with Gasteiger partial charge in [-0.25, -0.2) is 0 Å². The second-order valence-electron chi connectivity index (χ2n) is 7.04. The Kier molecular flexibility index (Phi) is 4.29. The van der Waals surface area contributed by atoms with Gasteiger partial charge in [-0.1, -0.05) is 107 Å². The molecule has 1 heterocycles. The third-order valence-corrected chi connectivity index (χ3v) is 6.03. The van der Waals surface area contributed by atoms with Gasteiger partial charge in [0, 0.05) is 27.4 Å². The zero-order valence-corrected chi connectivity index (χ0v) is 16.9. The van der Waals surface area contributed by atoms with Crippen molar-refractivity contribution in [3.63, 3.8) is 0 Å². The summed E-state index contributed by atoms with van der Waals surface area (Å²) in [6, 6.07) is 31.6. The molecule has 0 unspecified atom stereocenters. The fraction of sp³-hybridized carbons (Fsp3) is 0.0769. The van der Waals surface area contributed by atoms with Crippen LogP contribution < -0.4 is 4.74 Å². The molecule has 0 amide bonds. The normalized spacial score (nSPS) is 14.5. The molecule has 1 aliphatic rings. The lowest BCUT2D eigenvalue weighted by Crippen LogP contribution is -2.34. The van der Waals surface area contributed by atoms with Crippen molar-refractivity contribution < 1.29 is 4.74 Å². The van der Waals surface area contributed by atoms with Crippen LogP contribution in [0.5, 0.6) is 5.75 Å². The summed E-state index contributed by atoms with van der Waals surface area (Å²) in [5.41, 5.74) is 3.98. The van der Waals surface area contributed by atoms with Crippen LogP contribution in [0.1, 0.15) is 22.3 Å². The number of hydrogen-bond acceptors (Lipinski definition) is 1. The quantitative estimate of drug-likeness (QED) is 0.317. The summed E-state index contributed by atoms with van der Waals surface area (Å²) in [7, 11) is 0. The summed E-state index contributed by atoms with van der Waals surface area (Å²) in [6.45, 7) is 0. The topological polar surface area (TPSA) is 9.23 Å². The van der Waals surface area contributed by atoms with Crippen molar-refractivity contribution >= 4 is 32.8 Å². The highest BCUT2D eigenvalue weighted by atomic mass is 79.9. The molecule has 4 aromatic carbocycles. The van der Waals surface area contributed by atoms with Crippen LogP contribution in [-0.2, 0) is 10.9 Å². The van der Waals surface area contributed by atoms with E-state index in [0.717, 1.165) is 33.2 Å². The van der Waals surface area contributed by atoms with Gasteiger partial charge in [-0.3, -0.25) is 0 Å². The first-order valence-electron chi connectivity index (χ1n) is 9.42. The molecule has 4 aromatic rings. The Morgan fingerprint density at radius 3 is 2.00 bits per heavy atom. The van der Waals surface area contributed by atoms with E-state index in [0.29, 0.717) is 0 Å². The Morgan fingerprint density at radius 1 is 0.750 bits per heavy atom. The Hall–Kier alpha value is -2.84. The molecule has 0 aromatic heterocycles. The van der Waals surface area contributed by atoms with E-state index in [9.17, 15) is 0 Å². The van der Waals surface area contributed by atoms with Crippen LogP contribution in [0.2, 0.25) is 0 Å². The Balaban J connectivity index is 1.81. The van der Waals surface area contributed by atoms with E-state index in [1.807, 2.05) is 12.1 Å². The molecule has 0 aliphatic carbocycles. The third kappa shape index (κ3) is 2.68. The minimum Gasteiger partial charge on any atom is -0.472 e. The van der Waals surface area contributed by atoms with E-state index in [2.05, 4.69) is 107 Å². The molecule has 0 bridgehead atoms. The van der Waals surface area contributed by atoms with Crippen molar-refractivity contribution in [2.24, 2.45) is 0 Å². The van der Waals surface area contributed by atoms with Crippen LogP contribution in [0.15, 0.2) is 97.1 Å². The number of ether oxygens (including phenoxy) is 1. The maximum absolute atomic E-state index is 6.94. The highest BCUT2D eigenvalue weighted by Gasteiger charge is 2.37. The maximum Gasteiger partial charge on any atom is 0.178 e. The molecular formula is C26H19BrO. The van der Waals surface area contributed by atoms with Crippen LogP contribution >= 0.6 is 15.9 Å². The van der Waals surface area contributed by atoms with Crippen LogP contribution in [0.4, 0.5) is 0 Å². The average Bonchev–Trinajstić information content (AvgIpc) is 2.79. The van der Waals surface area contributed by atoms with Crippen molar-refractivity contribution in [3.8, 4) is 5.75 Å². The molecule has 0 atom stereocenters. The van der Waals surface area contributed by atoms with Crippen LogP contribution in [-0.4, -0.2) is 0 Å². The lowest BCUT2D eigenvalue weighted by atomic mass is 9.83. The predicted molar refractivity (Wildman–Crippen MR) is 120 cm³/mol. The molecule has 28 heavy (non-hydrogen) atoms. The first-order chi connectivity index (χ1) is 13.8. The molecule has 0 N–H and O–H groups in total. The van der Waals surface area contributed by atoms with E-state index < -0.39 is 5.60 Å². The minimum atomic E-state index is -0.650. The smallest absolute Gasteiger partial charge is 0.178 e. The molecule has 0 fully saturated rings. The first kappa shape index (κ1) is 17.3. The number of halogens is 1. The van der Waals surface area contributed by atoms with Gasteiger partial charge in [-0.2, -0.15) is 0 Å². The van der Waals surface area contributed by atoms with Crippen molar-refractivity contribution in [3.05, 3.63) is 119 Å². The highest BCUT2D eigenvalue weighted by molar-refractivity contribution is 9.08. The molecule has 0 radical (unpaired) electrons. The van der Waals surface area contributed by atoms with Gasteiger partial charge in [0.15, 0.2) is 5.60 Å². The first-order valence-corrected chi connectivity index (χ1v) is 10.5. The molecular weight excluding hydrogens is 408 g/mol. The average molecular weight is 427 g/mol. The van der Waals surface area contributed by atoms with Crippen molar-refractivity contribution in [1.29, 1.82) is 0 Å². The largest absolute Gasteiger partial charge is 0.472 e. The lowest BCUT2D eigenvalue weighted by molar-refractivity contribution is 0.163. The van der Waals surface area contributed by atoms with E-state index in [1.54, 1.807) is 0 Å². The standard InChI is InChI=1S/C26H19BrO/c27-18-20-17-19-9-7-8-14-23(19)25-24(20)15-16-26(28-25,21-10-3-1-4-11-21)22-12-5-2-6-13-22/h1-17H,18H2. The van der Waals surface area contributed by atoms with Crippen molar-refractivity contribution in [2.45, 2.75) is 10.9 Å². The molecule has 2 heteroatoms. The number of hydrogen-bond donors (Lipinski definition) is 0. The zero-order chi connectivity index (χ0) is 19.0. The fourth-order valence-corrected chi connectivity index (χ4v) is 4.50. The van der Waals surface area contributed by atoms with Gasteiger partial charge in [0.2, 0.25) is 0 Å². The van der Waals surface area contributed by atoms with Gasteiger partial charge in [0.05, 0.1) is 0 Å². The summed E-state index contributed by atoms with van der Waals surface area (Å²) >= 11 is 3.65. The highest BCUT2D eigenvalue weighted by Crippen LogP contribution is 2.46. The summed E-state index contributed by atoms with van der Waals surface area (Å²) in [6.07, 6.45) is 4.42. The lowest BCUT2D eigenvalue weighted by Gasteiger charge is -2.37. The molecule has 136 valence electrons. The summed E-state index contributed by atoms with van der Waals surface area (Å²) in [5.74, 6) is 0.947. The van der Waals surface area contributed by atoms with Gasteiger partial charge in [0.1, 0.15) is 5.75 Å². The van der Waals surface area contributed by atoms with E-state index in [1.165, 1.54) is 10.9 Å². The van der Waals surface area contributed by atoms with Gasteiger partial charge < -0.3 is 4.74 Å². The molecule has 1 aliphatic heterocycles.